The van der Waals surface area contributed by atoms with Crippen LogP contribution in [0.3, 0.4) is 0 Å². The largest absolute Gasteiger partial charge is 0.416 e. The molecule has 1 aromatic rings. The molecule has 22 heavy (non-hydrogen) atoms. The second kappa shape index (κ2) is 6.04. The van der Waals surface area contributed by atoms with Crippen molar-refractivity contribution in [1.29, 1.82) is 0 Å². The summed E-state index contributed by atoms with van der Waals surface area (Å²) in [5, 5.41) is 2.81. The molecule has 2 rings (SSSR count). The van der Waals surface area contributed by atoms with Crippen LogP contribution in [0.4, 0.5) is 30.7 Å². The second-order valence-corrected chi connectivity index (χ2v) is 4.93. The Bertz CT molecular complexity index is 518. The van der Waals surface area contributed by atoms with Crippen LogP contribution in [0, 0.1) is 5.82 Å². The van der Waals surface area contributed by atoms with Crippen LogP contribution in [-0.2, 0) is 6.18 Å². The van der Waals surface area contributed by atoms with Crippen molar-refractivity contribution in [2.24, 2.45) is 0 Å². The molecule has 1 heterocycles. The van der Waals surface area contributed by atoms with Gasteiger partial charge >= 0.3 is 12.4 Å². The third kappa shape index (κ3) is 3.52. The first kappa shape index (κ1) is 17.0. The lowest BCUT2D eigenvalue weighted by molar-refractivity contribution is -0.191. The summed E-state index contributed by atoms with van der Waals surface area (Å²) in [7, 11) is 0. The zero-order valence-corrected chi connectivity index (χ0v) is 11.2. The summed E-state index contributed by atoms with van der Waals surface area (Å²) in [6, 6.07) is -0.773. The van der Waals surface area contributed by atoms with Gasteiger partial charge in [0.15, 0.2) is 0 Å². The molecule has 0 bridgehead atoms. The second-order valence-electron chi connectivity index (χ2n) is 4.93. The highest BCUT2D eigenvalue weighted by atomic mass is 19.4. The van der Waals surface area contributed by atoms with E-state index in [2.05, 4.69) is 5.32 Å². The van der Waals surface area contributed by atoms with Crippen LogP contribution in [0.5, 0.6) is 0 Å². The molecule has 1 atom stereocenters. The minimum Gasteiger partial charge on any atom is -0.314 e. The van der Waals surface area contributed by atoms with Gasteiger partial charge in [-0.15, -0.1) is 0 Å². The molecule has 0 radical (unpaired) electrons. The molecule has 0 saturated carbocycles. The quantitative estimate of drug-likeness (QED) is 0.837. The lowest BCUT2D eigenvalue weighted by Crippen LogP contribution is -2.49. The van der Waals surface area contributed by atoms with E-state index in [1.54, 1.807) is 0 Å². The van der Waals surface area contributed by atoms with Crippen molar-refractivity contribution in [3.63, 3.8) is 0 Å². The molecular weight excluding hydrogens is 317 g/mol. The number of nitrogens with zero attached hydrogens (tertiary/aromatic N) is 1. The van der Waals surface area contributed by atoms with Crippen LogP contribution in [0.15, 0.2) is 18.2 Å². The number of rotatable bonds is 2. The summed E-state index contributed by atoms with van der Waals surface area (Å²) in [6.07, 6.45) is -10.1. The zero-order valence-electron chi connectivity index (χ0n) is 11.2. The molecule has 0 aliphatic carbocycles. The number of piperazine rings is 1. The predicted octanol–water partition coefficient (Wildman–Crippen LogP) is 3.35. The number of hydrogen-bond donors (Lipinski definition) is 1. The lowest BCUT2D eigenvalue weighted by atomic mass is 9.96. The van der Waals surface area contributed by atoms with Crippen LogP contribution >= 0.6 is 0 Å². The van der Waals surface area contributed by atoms with Crippen LogP contribution in [0.25, 0.3) is 0 Å². The summed E-state index contributed by atoms with van der Waals surface area (Å²) in [4.78, 5) is 0.824. The molecule has 0 spiro atoms. The van der Waals surface area contributed by atoms with E-state index in [0.717, 1.165) is 11.0 Å². The van der Waals surface area contributed by atoms with Gasteiger partial charge in [-0.25, -0.2) is 4.39 Å². The molecule has 1 N–H and O–H groups in total. The Hall–Kier alpha value is -1.35. The Morgan fingerprint density at radius 3 is 2.09 bits per heavy atom. The fourth-order valence-corrected chi connectivity index (χ4v) is 2.56. The van der Waals surface area contributed by atoms with Crippen LogP contribution < -0.4 is 5.32 Å². The van der Waals surface area contributed by atoms with Gasteiger partial charge in [0, 0.05) is 31.7 Å². The highest BCUT2D eigenvalue weighted by Crippen LogP contribution is 2.44. The highest BCUT2D eigenvalue weighted by Gasteiger charge is 2.50. The van der Waals surface area contributed by atoms with Gasteiger partial charge in [0.25, 0.3) is 0 Å². The highest BCUT2D eigenvalue weighted by molar-refractivity contribution is 5.35. The Morgan fingerprint density at radius 1 is 1.00 bits per heavy atom. The topological polar surface area (TPSA) is 15.3 Å². The van der Waals surface area contributed by atoms with Crippen LogP contribution in [0.2, 0.25) is 0 Å². The van der Waals surface area contributed by atoms with E-state index in [1.807, 2.05) is 0 Å². The van der Waals surface area contributed by atoms with E-state index in [0.29, 0.717) is 12.1 Å². The molecule has 2 nitrogen and oxygen atoms in total. The van der Waals surface area contributed by atoms with Gasteiger partial charge in [0.1, 0.15) is 11.9 Å². The maximum atomic E-state index is 13.9. The van der Waals surface area contributed by atoms with Gasteiger partial charge in [-0.05, 0) is 12.1 Å². The summed E-state index contributed by atoms with van der Waals surface area (Å²) in [5.41, 5.74) is -2.95. The Kier molecular flexibility index (Phi) is 4.67. The summed E-state index contributed by atoms with van der Waals surface area (Å²) >= 11 is 0. The maximum Gasteiger partial charge on any atom is 0.416 e. The number of alkyl halides is 6. The van der Waals surface area contributed by atoms with E-state index in [-0.39, 0.29) is 26.2 Å². The van der Waals surface area contributed by atoms with Gasteiger partial charge in [-0.1, -0.05) is 6.07 Å². The average molecular weight is 330 g/mol. The number of hydrogen-bond acceptors (Lipinski definition) is 2. The molecule has 124 valence electrons. The zero-order chi connectivity index (χ0) is 16.5. The van der Waals surface area contributed by atoms with Crippen LogP contribution in [0.1, 0.15) is 17.2 Å². The van der Waals surface area contributed by atoms with E-state index < -0.39 is 35.3 Å². The van der Waals surface area contributed by atoms with Gasteiger partial charge < -0.3 is 5.32 Å². The molecule has 1 aromatic carbocycles. The summed E-state index contributed by atoms with van der Waals surface area (Å²) in [5.74, 6) is -1.50. The van der Waals surface area contributed by atoms with Crippen LogP contribution in [-0.4, -0.2) is 37.3 Å². The third-order valence-electron chi connectivity index (χ3n) is 3.46. The maximum absolute atomic E-state index is 13.9. The molecule has 1 fully saturated rings. The molecule has 1 aliphatic heterocycles. The van der Waals surface area contributed by atoms with E-state index in [9.17, 15) is 30.7 Å². The molecule has 9 heteroatoms. The third-order valence-corrected chi connectivity index (χ3v) is 3.46. The molecule has 0 amide bonds. The molecular formula is C13H13F7N2. The van der Waals surface area contributed by atoms with E-state index in [4.69, 9.17) is 0 Å². The van der Waals surface area contributed by atoms with E-state index >= 15 is 0 Å². The number of nitrogens with one attached hydrogen (secondary N) is 1. The normalized spacial score (nSPS) is 19.2. The Morgan fingerprint density at radius 2 is 1.59 bits per heavy atom. The minimum absolute atomic E-state index is 0.115. The molecule has 1 aliphatic rings. The average Bonchev–Trinajstić information content (AvgIpc) is 2.39. The first-order valence-corrected chi connectivity index (χ1v) is 6.49. The van der Waals surface area contributed by atoms with Crippen molar-refractivity contribution >= 4 is 0 Å². The van der Waals surface area contributed by atoms with Crippen molar-refractivity contribution < 1.29 is 30.7 Å². The first-order chi connectivity index (χ1) is 10.1. The van der Waals surface area contributed by atoms with Crippen molar-refractivity contribution in [2.75, 3.05) is 26.2 Å². The smallest absolute Gasteiger partial charge is 0.314 e. The van der Waals surface area contributed by atoms with Gasteiger partial charge in [-0.2, -0.15) is 26.3 Å². The molecule has 0 aromatic heterocycles. The van der Waals surface area contributed by atoms with E-state index in [1.165, 1.54) is 0 Å². The predicted molar refractivity (Wildman–Crippen MR) is 64.6 cm³/mol. The van der Waals surface area contributed by atoms with Gasteiger partial charge in [0.2, 0.25) is 0 Å². The number of benzene rings is 1. The molecule has 1 saturated heterocycles. The summed E-state index contributed by atoms with van der Waals surface area (Å²) < 4.78 is 92.8. The van der Waals surface area contributed by atoms with Crippen molar-refractivity contribution in [1.82, 2.24) is 10.2 Å². The van der Waals surface area contributed by atoms with Crippen molar-refractivity contribution in [3.8, 4) is 0 Å². The SMILES string of the molecule is Fc1cccc(C(F)(F)F)c1[C@H](N1CCNCC1)C(F)(F)F. The fourth-order valence-electron chi connectivity index (χ4n) is 2.56. The summed E-state index contributed by atoms with van der Waals surface area (Å²) in [6.45, 7) is 0.163. The monoisotopic (exact) mass is 330 g/mol. The Balaban J connectivity index is 2.57. The van der Waals surface area contributed by atoms with Gasteiger partial charge in [-0.3, -0.25) is 4.90 Å². The lowest BCUT2D eigenvalue weighted by Gasteiger charge is -2.37. The Labute approximate surface area is 121 Å². The van der Waals surface area contributed by atoms with Crippen molar-refractivity contribution in [2.45, 2.75) is 18.4 Å². The molecule has 0 unspecified atom stereocenters. The fraction of sp³-hybridized carbons (Fsp3) is 0.538. The minimum atomic E-state index is -5.06. The standard InChI is InChI=1S/C13H13F7N2/c14-9-3-1-2-8(12(15,16)17)10(9)11(13(18,19)20)22-6-4-21-5-7-22/h1-3,11,21H,4-7H2/t11-/m0/s1. The van der Waals surface area contributed by atoms with Crippen molar-refractivity contribution in [3.05, 3.63) is 35.1 Å². The first-order valence-electron chi connectivity index (χ1n) is 6.49. The number of halogens is 7. The van der Waals surface area contributed by atoms with Gasteiger partial charge in [0.05, 0.1) is 5.56 Å².